The van der Waals surface area contributed by atoms with E-state index >= 15 is 0 Å². The number of carbonyl (C=O) groups is 1. The summed E-state index contributed by atoms with van der Waals surface area (Å²) in [6.07, 6.45) is 1.72. The molecule has 0 atom stereocenters. The Labute approximate surface area is 170 Å². The molecule has 0 unspecified atom stereocenters. The number of thioether (sulfide) groups is 1. The van der Waals surface area contributed by atoms with Crippen LogP contribution in [0.4, 0.5) is 0 Å². The molecule has 4 nitrogen and oxygen atoms in total. The summed E-state index contributed by atoms with van der Waals surface area (Å²) in [5.41, 5.74) is 9.42. The number of carbonyl (C=O) groups excluding carboxylic acids is 1. The van der Waals surface area contributed by atoms with Crippen LogP contribution in [0.2, 0.25) is 0 Å². The Morgan fingerprint density at radius 1 is 1.07 bits per heavy atom. The fraction of sp³-hybridized carbons (Fsp3) is 0.217. The molecule has 0 radical (unpaired) electrons. The van der Waals surface area contributed by atoms with E-state index in [2.05, 4.69) is 78.3 Å². The summed E-state index contributed by atoms with van der Waals surface area (Å²) < 4.78 is 2.19. The number of benzene rings is 2. The molecule has 144 valence electrons. The van der Waals surface area contributed by atoms with E-state index in [4.69, 9.17) is 0 Å². The largest absolute Gasteiger partial charge is 0.318 e. The molecule has 0 fully saturated rings. The van der Waals surface area contributed by atoms with Crippen LogP contribution in [0.1, 0.15) is 28.1 Å². The van der Waals surface area contributed by atoms with E-state index in [1.165, 1.54) is 11.1 Å². The number of rotatable bonds is 7. The summed E-state index contributed by atoms with van der Waals surface area (Å²) in [7, 11) is 0. The SMILES string of the molecule is Cc1ccc(-n2c(C)cc(/C=N\NC(=O)CSCc3ccccc3)c2C)cc1. The first kappa shape index (κ1) is 20.0. The molecule has 3 aromatic rings. The minimum atomic E-state index is -0.0930. The van der Waals surface area contributed by atoms with Crippen LogP contribution in [0.25, 0.3) is 5.69 Å². The van der Waals surface area contributed by atoms with Crippen molar-refractivity contribution in [2.24, 2.45) is 5.10 Å². The van der Waals surface area contributed by atoms with E-state index in [1.807, 2.05) is 18.2 Å². The molecule has 0 aliphatic rings. The summed E-state index contributed by atoms with van der Waals surface area (Å²) in [6.45, 7) is 6.22. The number of aromatic nitrogens is 1. The fourth-order valence-electron chi connectivity index (χ4n) is 3.05. The predicted molar refractivity (Wildman–Crippen MR) is 118 cm³/mol. The maximum atomic E-state index is 12.0. The van der Waals surface area contributed by atoms with Crippen molar-refractivity contribution in [3.05, 3.63) is 88.7 Å². The highest BCUT2D eigenvalue weighted by atomic mass is 32.2. The molecule has 0 aliphatic heterocycles. The van der Waals surface area contributed by atoms with Gasteiger partial charge in [-0.15, -0.1) is 11.8 Å². The van der Waals surface area contributed by atoms with Crippen LogP contribution in [-0.2, 0) is 10.5 Å². The monoisotopic (exact) mass is 391 g/mol. The molecular weight excluding hydrogens is 366 g/mol. The lowest BCUT2D eigenvalue weighted by Gasteiger charge is -2.09. The summed E-state index contributed by atoms with van der Waals surface area (Å²) in [5.74, 6) is 1.11. The summed E-state index contributed by atoms with van der Waals surface area (Å²) in [6, 6.07) is 20.6. The molecule has 1 N–H and O–H groups in total. The second-order valence-corrected chi connectivity index (χ2v) is 7.75. The van der Waals surface area contributed by atoms with Gasteiger partial charge < -0.3 is 4.57 Å². The van der Waals surface area contributed by atoms with Crippen molar-refractivity contribution in [3.63, 3.8) is 0 Å². The van der Waals surface area contributed by atoms with Crippen LogP contribution < -0.4 is 5.43 Å². The highest BCUT2D eigenvalue weighted by molar-refractivity contribution is 7.99. The van der Waals surface area contributed by atoms with Gasteiger partial charge in [-0.05, 0) is 44.5 Å². The standard InChI is InChI=1S/C23H25N3OS/c1-17-9-11-22(12-10-17)26-18(2)13-21(19(26)3)14-24-25-23(27)16-28-15-20-7-5-4-6-8-20/h4-14H,15-16H2,1-3H3,(H,25,27)/b24-14-. The number of nitrogens with zero attached hydrogens (tertiary/aromatic N) is 2. The molecule has 0 saturated carbocycles. The average Bonchev–Trinajstić information content (AvgIpc) is 2.97. The molecule has 0 spiro atoms. The van der Waals surface area contributed by atoms with Crippen molar-refractivity contribution in [1.29, 1.82) is 0 Å². The van der Waals surface area contributed by atoms with Gasteiger partial charge in [-0.3, -0.25) is 4.79 Å². The van der Waals surface area contributed by atoms with Crippen molar-refractivity contribution in [2.45, 2.75) is 26.5 Å². The van der Waals surface area contributed by atoms with Crippen LogP contribution in [0.3, 0.4) is 0 Å². The van der Waals surface area contributed by atoms with Crippen LogP contribution in [-0.4, -0.2) is 22.4 Å². The zero-order chi connectivity index (χ0) is 19.9. The number of aryl methyl sites for hydroxylation is 2. The van der Waals surface area contributed by atoms with E-state index in [1.54, 1.807) is 18.0 Å². The minimum Gasteiger partial charge on any atom is -0.318 e. The molecule has 0 saturated heterocycles. The molecule has 1 heterocycles. The Kier molecular flexibility index (Phi) is 6.71. The van der Waals surface area contributed by atoms with Crippen LogP contribution in [0.5, 0.6) is 0 Å². The summed E-state index contributed by atoms with van der Waals surface area (Å²) in [5, 5.41) is 4.14. The van der Waals surface area contributed by atoms with Gasteiger partial charge in [-0.2, -0.15) is 5.10 Å². The first-order valence-corrected chi connectivity index (χ1v) is 10.4. The molecular formula is C23H25N3OS. The van der Waals surface area contributed by atoms with Gasteiger partial charge in [0.25, 0.3) is 0 Å². The number of hydrogen-bond acceptors (Lipinski definition) is 3. The van der Waals surface area contributed by atoms with E-state index in [9.17, 15) is 4.79 Å². The van der Waals surface area contributed by atoms with Crippen molar-refractivity contribution >= 4 is 23.9 Å². The van der Waals surface area contributed by atoms with Gasteiger partial charge in [0.1, 0.15) is 0 Å². The summed E-state index contributed by atoms with van der Waals surface area (Å²) in [4.78, 5) is 12.0. The van der Waals surface area contributed by atoms with Crippen molar-refractivity contribution in [1.82, 2.24) is 9.99 Å². The Bertz CT molecular complexity index is 960. The summed E-state index contributed by atoms with van der Waals surface area (Å²) >= 11 is 1.58. The predicted octanol–water partition coefficient (Wildman–Crippen LogP) is 4.79. The van der Waals surface area contributed by atoms with Gasteiger partial charge >= 0.3 is 0 Å². The first-order chi connectivity index (χ1) is 13.5. The second-order valence-electron chi connectivity index (χ2n) is 6.77. The molecule has 0 aliphatic carbocycles. The van der Waals surface area contributed by atoms with E-state index in [-0.39, 0.29) is 5.91 Å². The number of hydrogen-bond donors (Lipinski definition) is 1. The maximum Gasteiger partial charge on any atom is 0.250 e. The van der Waals surface area contributed by atoms with Gasteiger partial charge in [0.15, 0.2) is 0 Å². The lowest BCUT2D eigenvalue weighted by molar-refractivity contribution is -0.118. The van der Waals surface area contributed by atoms with Crippen molar-refractivity contribution in [3.8, 4) is 5.69 Å². The fourth-order valence-corrected chi connectivity index (χ4v) is 3.83. The van der Waals surface area contributed by atoms with Crippen LogP contribution in [0, 0.1) is 20.8 Å². The quantitative estimate of drug-likeness (QED) is 0.465. The third-order valence-corrected chi connectivity index (χ3v) is 5.50. The maximum absolute atomic E-state index is 12.0. The third kappa shape index (κ3) is 5.14. The number of hydrazone groups is 1. The zero-order valence-electron chi connectivity index (χ0n) is 16.5. The van der Waals surface area contributed by atoms with Crippen molar-refractivity contribution < 1.29 is 4.79 Å². The third-order valence-electron chi connectivity index (χ3n) is 4.50. The van der Waals surface area contributed by atoms with Crippen molar-refractivity contribution in [2.75, 3.05) is 5.75 Å². The smallest absolute Gasteiger partial charge is 0.250 e. The number of amides is 1. The Morgan fingerprint density at radius 2 is 1.79 bits per heavy atom. The Balaban J connectivity index is 1.56. The van der Waals surface area contributed by atoms with Gasteiger partial charge in [0.2, 0.25) is 5.91 Å². The van der Waals surface area contributed by atoms with Crippen LogP contribution >= 0.6 is 11.8 Å². The van der Waals surface area contributed by atoms with Gasteiger partial charge in [-0.25, -0.2) is 5.43 Å². The molecule has 5 heteroatoms. The average molecular weight is 392 g/mol. The van der Waals surface area contributed by atoms with E-state index in [0.29, 0.717) is 5.75 Å². The highest BCUT2D eigenvalue weighted by Gasteiger charge is 2.09. The minimum absolute atomic E-state index is 0.0930. The van der Waals surface area contributed by atoms with E-state index in [0.717, 1.165) is 28.4 Å². The van der Waals surface area contributed by atoms with Gasteiger partial charge in [-0.1, -0.05) is 48.0 Å². The Morgan fingerprint density at radius 3 is 2.50 bits per heavy atom. The molecule has 1 amide bonds. The van der Waals surface area contributed by atoms with E-state index < -0.39 is 0 Å². The molecule has 3 rings (SSSR count). The molecule has 28 heavy (non-hydrogen) atoms. The number of nitrogens with one attached hydrogen (secondary N) is 1. The highest BCUT2D eigenvalue weighted by Crippen LogP contribution is 2.20. The topological polar surface area (TPSA) is 46.4 Å². The zero-order valence-corrected chi connectivity index (χ0v) is 17.3. The first-order valence-electron chi connectivity index (χ1n) is 9.24. The molecule has 1 aromatic heterocycles. The molecule has 0 bridgehead atoms. The Hall–Kier alpha value is -2.79. The normalized spacial score (nSPS) is 11.1. The van der Waals surface area contributed by atoms with Gasteiger partial charge in [0, 0.05) is 28.4 Å². The van der Waals surface area contributed by atoms with Crippen LogP contribution in [0.15, 0.2) is 65.8 Å². The van der Waals surface area contributed by atoms with Gasteiger partial charge in [0.05, 0.1) is 12.0 Å². The lowest BCUT2D eigenvalue weighted by atomic mass is 10.2. The molecule has 2 aromatic carbocycles. The second kappa shape index (κ2) is 9.42. The lowest BCUT2D eigenvalue weighted by Crippen LogP contribution is -2.19.